The van der Waals surface area contributed by atoms with E-state index in [0.29, 0.717) is 6.42 Å². The van der Waals surface area contributed by atoms with E-state index in [0.717, 1.165) is 16.4 Å². The summed E-state index contributed by atoms with van der Waals surface area (Å²) in [5.41, 5.74) is -0.825. The Morgan fingerprint density at radius 1 is 1.42 bits per heavy atom. The fourth-order valence-electron chi connectivity index (χ4n) is 2.84. The molecule has 11 heteroatoms. The molecule has 1 aromatic rings. The number of nitro groups is 1. The molecule has 10 nitrogen and oxygen atoms in total. The summed E-state index contributed by atoms with van der Waals surface area (Å²) in [5.74, 6) is -2.18. The largest absolute Gasteiger partial charge is 0.480 e. The fourth-order valence-corrected chi connectivity index (χ4v) is 4.54. The number of sulfonamides is 1. The van der Waals surface area contributed by atoms with Crippen molar-refractivity contribution in [3.63, 3.8) is 0 Å². The minimum atomic E-state index is -4.34. The minimum absolute atomic E-state index is 0.0102. The molecule has 0 aliphatic carbocycles. The number of esters is 1. The zero-order chi connectivity index (χ0) is 19.6. The summed E-state index contributed by atoms with van der Waals surface area (Å²) in [4.78, 5) is 33.3. The van der Waals surface area contributed by atoms with Crippen LogP contribution in [0.4, 0.5) is 5.69 Å². The van der Waals surface area contributed by atoms with Crippen LogP contribution in [0.1, 0.15) is 35.7 Å². The van der Waals surface area contributed by atoms with Crippen LogP contribution in [-0.2, 0) is 19.6 Å². The Labute approximate surface area is 149 Å². The standard InChI is InChI=1S/C15H18N2O8S/c1-3-25-15(20)11-7-10(8-13(9(11)2)17(21)22)26(23,24)16-6-4-5-12(16)14(18)19/h7-8,12H,3-6H2,1-2H3,(H,18,19)/t12-/m1/s1. The van der Waals surface area contributed by atoms with Crippen molar-refractivity contribution < 1.29 is 32.8 Å². The van der Waals surface area contributed by atoms with E-state index < -0.39 is 43.5 Å². The first kappa shape index (κ1) is 19.8. The van der Waals surface area contributed by atoms with Gasteiger partial charge in [-0.25, -0.2) is 13.2 Å². The summed E-state index contributed by atoms with van der Waals surface area (Å²) in [7, 11) is -4.34. The number of carboxylic acids is 1. The zero-order valence-corrected chi connectivity index (χ0v) is 15.0. The molecule has 0 amide bonds. The highest BCUT2D eigenvalue weighted by molar-refractivity contribution is 7.89. The van der Waals surface area contributed by atoms with Gasteiger partial charge in [0.1, 0.15) is 6.04 Å². The third-order valence-corrected chi connectivity index (χ3v) is 6.03. The number of ether oxygens (including phenoxy) is 1. The molecule has 1 fully saturated rings. The van der Waals surface area contributed by atoms with Gasteiger partial charge in [0, 0.05) is 18.2 Å². The van der Waals surface area contributed by atoms with Crippen LogP contribution in [0, 0.1) is 17.0 Å². The number of aliphatic carboxylic acids is 1. The van der Waals surface area contributed by atoms with E-state index in [9.17, 15) is 33.2 Å². The van der Waals surface area contributed by atoms with Gasteiger partial charge in [-0.15, -0.1) is 0 Å². The zero-order valence-electron chi connectivity index (χ0n) is 14.2. The summed E-state index contributed by atoms with van der Waals surface area (Å²) < 4.78 is 31.3. The monoisotopic (exact) mass is 386 g/mol. The van der Waals surface area contributed by atoms with Crippen molar-refractivity contribution in [2.45, 2.75) is 37.6 Å². The molecule has 0 radical (unpaired) electrons. The van der Waals surface area contributed by atoms with Gasteiger partial charge in [-0.1, -0.05) is 0 Å². The van der Waals surface area contributed by atoms with E-state index >= 15 is 0 Å². The summed E-state index contributed by atoms with van der Waals surface area (Å²) in [5, 5.41) is 20.5. The predicted octanol–water partition coefficient (Wildman–Crippen LogP) is 1.32. The third kappa shape index (κ3) is 3.53. The van der Waals surface area contributed by atoms with Crippen molar-refractivity contribution in [2.24, 2.45) is 0 Å². The van der Waals surface area contributed by atoms with Crippen molar-refractivity contribution in [3.05, 3.63) is 33.4 Å². The van der Waals surface area contributed by atoms with Gasteiger partial charge in [0.15, 0.2) is 0 Å². The van der Waals surface area contributed by atoms with E-state index in [1.54, 1.807) is 6.92 Å². The van der Waals surface area contributed by atoms with Crippen LogP contribution in [-0.4, -0.2) is 53.9 Å². The maximum atomic E-state index is 12.9. The number of carboxylic acid groups (broad SMARTS) is 1. The molecule has 1 atom stereocenters. The maximum Gasteiger partial charge on any atom is 0.338 e. The molecule has 0 bridgehead atoms. The van der Waals surface area contributed by atoms with Crippen molar-refractivity contribution in [1.29, 1.82) is 0 Å². The molecule has 1 aliphatic heterocycles. The van der Waals surface area contributed by atoms with E-state index in [4.69, 9.17) is 4.74 Å². The van der Waals surface area contributed by atoms with Crippen LogP contribution >= 0.6 is 0 Å². The van der Waals surface area contributed by atoms with E-state index in [1.165, 1.54) is 6.92 Å². The van der Waals surface area contributed by atoms with Gasteiger partial charge >= 0.3 is 11.9 Å². The molecular weight excluding hydrogens is 368 g/mol. The number of benzene rings is 1. The summed E-state index contributed by atoms with van der Waals surface area (Å²) in [6, 6.07) is 0.587. The number of hydrogen-bond acceptors (Lipinski definition) is 7. The Bertz CT molecular complexity index is 865. The van der Waals surface area contributed by atoms with Crippen molar-refractivity contribution in [3.8, 4) is 0 Å². The Balaban J connectivity index is 2.63. The van der Waals surface area contributed by atoms with Crippen molar-refractivity contribution in [2.75, 3.05) is 13.2 Å². The normalized spacial score (nSPS) is 17.8. The lowest BCUT2D eigenvalue weighted by Crippen LogP contribution is -2.40. The quantitative estimate of drug-likeness (QED) is 0.438. The number of carbonyl (C=O) groups is 2. The Morgan fingerprint density at radius 2 is 2.08 bits per heavy atom. The second-order valence-electron chi connectivity index (χ2n) is 5.70. The third-order valence-electron chi connectivity index (χ3n) is 4.14. The number of hydrogen-bond donors (Lipinski definition) is 1. The fraction of sp³-hybridized carbons (Fsp3) is 0.467. The molecule has 1 saturated heterocycles. The highest BCUT2D eigenvalue weighted by Crippen LogP contribution is 2.31. The van der Waals surface area contributed by atoms with Crippen LogP contribution in [0.3, 0.4) is 0 Å². The van der Waals surface area contributed by atoms with Crippen LogP contribution in [0.25, 0.3) is 0 Å². The SMILES string of the molecule is CCOC(=O)c1cc(S(=O)(=O)N2CCC[C@@H]2C(=O)O)cc([N+](=O)[O-])c1C. The topological polar surface area (TPSA) is 144 Å². The molecular formula is C15H18N2O8S. The number of nitrogens with zero attached hydrogens (tertiary/aromatic N) is 2. The highest BCUT2D eigenvalue weighted by atomic mass is 32.2. The van der Waals surface area contributed by atoms with Crippen LogP contribution < -0.4 is 0 Å². The van der Waals surface area contributed by atoms with Gasteiger partial charge in [-0.05, 0) is 32.8 Å². The molecule has 0 spiro atoms. The van der Waals surface area contributed by atoms with E-state index in [2.05, 4.69) is 0 Å². The number of nitro benzene ring substituents is 1. The molecule has 1 aromatic carbocycles. The summed E-state index contributed by atoms with van der Waals surface area (Å²) in [6.07, 6.45) is 0.502. The van der Waals surface area contributed by atoms with Gasteiger partial charge in [-0.2, -0.15) is 4.31 Å². The van der Waals surface area contributed by atoms with Crippen LogP contribution in [0.5, 0.6) is 0 Å². The van der Waals surface area contributed by atoms with E-state index in [1.807, 2.05) is 0 Å². The molecule has 0 unspecified atom stereocenters. The first-order valence-corrected chi connectivity index (χ1v) is 9.26. The molecule has 0 aromatic heterocycles. The molecule has 0 saturated carbocycles. The lowest BCUT2D eigenvalue weighted by molar-refractivity contribution is -0.385. The molecule has 1 heterocycles. The highest BCUT2D eigenvalue weighted by Gasteiger charge is 2.40. The smallest absolute Gasteiger partial charge is 0.338 e. The second-order valence-corrected chi connectivity index (χ2v) is 7.60. The molecule has 26 heavy (non-hydrogen) atoms. The molecule has 1 aliphatic rings. The van der Waals surface area contributed by atoms with E-state index in [-0.39, 0.29) is 30.7 Å². The van der Waals surface area contributed by atoms with Gasteiger partial charge in [-0.3, -0.25) is 14.9 Å². The molecule has 1 N–H and O–H groups in total. The second kappa shape index (κ2) is 7.38. The first-order chi connectivity index (χ1) is 12.1. The number of rotatable bonds is 6. The Kier molecular flexibility index (Phi) is 5.62. The van der Waals surface area contributed by atoms with Gasteiger partial charge < -0.3 is 9.84 Å². The van der Waals surface area contributed by atoms with Crippen LogP contribution in [0.2, 0.25) is 0 Å². The predicted molar refractivity (Wildman–Crippen MR) is 88.3 cm³/mol. The number of carbonyl (C=O) groups excluding carboxylic acids is 1. The Hall–Kier alpha value is -2.53. The van der Waals surface area contributed by atoms with Gasteiger partial charge in [0.25, 0.3) is 5.69 Å². The van der Waals surface area contributed by atoms with Crippen molar-refractivity contribution in [1.82, 2.24) is 4.31 Å². The minimum Gasteiger partial charge on any atom is -0.480 e. The summed E-state index contributed by atoms with van der Waals surface area (Å²) >= 11 is 0. The Morgan fingerprint density at radius 3 is 2.62 bits per heavy atom. The molecule has 142 valence electrons. The lowest BCUT2D eigenvalue weighted by Gasteiger charge is -2.21. The average Bonchev–Trinajstić information content (AvgIpc) is 3.05. The summed E-state index contributed by atoms with van der Waals surface area (Å²) in [6.45, 7) is 2.85. The lowest BCUT2D eigenvalue weighted by atomic mass is 10.1. The van der Waals surface area contributed by atoms with Crippen LogP contribution in [0.15, 0.2) is 17.0 Å². The van der Waals surface area contributed by atoms with Gasteiger partial charge in [0.05, 0.1) is 22.0 Å². The maximum absolute atomic E-state index is 12.9. The van der Waals surface area contributed by atoms with Gasteiger partial charge in [0.2, 0.25) is 10.0 Å². The average molecular weight is 386 g/mol. The van der Waals surface area contributed by atoms with Crippen molar-refractivity contribution >= 4 is 27.6 Å². The first-order valence-electron chi connectivity index (χ1n) is 7.82. The molecule has 2 rings (SSSR count).